The third-order valence-corrected chi connectivity index (χ3v) is 2.64. The van der Waals surface area contributed by atoms with Crippen LogP contribution >= 0.6 is 0 Å². The van der Waals surface area contributed by atoms with Gasteiger partial charge in [-0.25, -0.2) is 9.67 Å². The molecule has 7 nitrogen and oxygen atoms in total. The average molecular weight is 330 g/mol. The molecule has 2 N–H and O–H groups in total. The highest BCUT2D eigenvalue weighted by Crippen LogP contribution is 2.24. The second-order valence-electron chi connectivity index (χ2n) is 4.47. The number of nitrogens with two attached hydrogens (primary N) is 1. The number of ether oxygens (including phenoxy) is 2. The van der Waals surface area contributed by atoms with Crippen LogP contribution in [0.5, 0.6) is 5.75 Å². The summed E-state index contributed by atoms with van der Waals surface area (Å²) in [6.45, 7) is 0.104. The molecule has 0 aliphatic carbocycles. The van der Waals surface area contributed by atoms with Crippen LogP contribution in [0.3, 0.4) is 0 Å². The quantitative estimate of drug-likeness (QED) is 0.863. The predicted molar refractivity (Wildman–Crippen MR) is 71.7 cm³/mol. The van der Waals surface area contributed by atoms with Crippen molar-refractivity contribution in [2.45, 2.75) is 19.4 Å². The zero-order valence-electron chi connectivity index (χ0n) is 12.0. The molecule has 0 saturated heterocycles. The van der Waals surface area contributed by atoms with Crippen LogP contribution in [0.15, 0.2) is 24.3 Å². The number of hydrogen-bond acceptors (Lipinski definition) is 5. The molecule has 0 aliphatic heterocycles. The van der Waals surface area contributed by atoms with Crippen LogP contribution in [0.2, 0.25) is 0 Å². The molecule has 10 heteroatoms. The van der Waals surface area contributed by atoms with Crippen LogP contribution in [0.4, 0.5) is 13.2 Å². The molecule has 1 heterocycles. The lowest BCUT2D eigenvalue weighted by molar-refractivity contribution is -0.274. The van der Waals surface area contributed by atoms with Crippen LogP contribution in [0.25, 0.3) is 5.69 Å². The van der Waals surface area contributed by atoms with Crippen LogP contribution in [-0.2, 0) is 22.6 Å². The van der Waals surface area contributed by atoms with Gasteiger partial charge in [0.1, 0.15) is 12.4 Å². The Morgan fingerprint density at radius 1 is 1.30 bits per heavy atom. The lowest BCUT2D eigenvalue weighted by atomic mass is 10.3. The van der Waals surface area contributed by atoms with Gasteiger partial charge in [0.2, 0.25) is 5.91 Å². The Kier molecular flexibility index (Phi) is 4.84. The summed E-state index contributed by atoms with van der Waals surface area (Å²) in [5.41, 5.74) is 5.53. The SMILES string of the molecule is COCc1nc(CC(N)=O)nn1-c1ccc(OC(F)(F)F)cc1. The molecule has 1 aromatic heterocycles. The van der Waals surface area contributed by atoms with Crippen molar-refractivity contribution in [1.29, 1.82) is 0 Å². The maximum absolute atomic E-state index is 12.1. The van der Waals surface area contributed by atoms with Crippen LogP contribution in [0.1, 0.15) is 11.6 Å². The largest absolute Gasteiger partial charge is 0.573 e. The van der Waals surface area contributed by atoms with Crippen molar-refractivity contribution in [2.24, 2.45) is 5.73 Å². The summed E-state index contributed by atoms with van der Waals surface area (Å²) >= 11 is 0. The highest BCUT2D eigenvalue weighted by molar-refractivity contribution is 5.75. The van der Waals surface area contributed by atoms with Crippen molar-refractivity contribution in [2.75, 3.05) is 7.11 Å². The van der Waals surface area contributed by atoms with E-state index in [9.17, 15) is 18.0 Å². The minimum absolute atomic E-state index is 0.104. The zero-order valence-corrected chi connectivity index (χ0v) is 12.0. The third-order valence-electron chi connectivity index (χ3n) is 2.64. The Bertz CT molecular complexity index is 683. The molecular weight excluding hydrogens is 317 g/mol. The molecule has 0 spiro atoms. The summed E-state index contributed by atoms with van der Waals surface area (Å²) in [6, 6.07) is 5.05. The summed E-state index contributed by atoms with van der Waals surface area (Å²) in [4.78, 5) is 15.1. The van der Waals surface area contributed by atoms with E-state index in [2.05, 4.69) is 14.8 Å². The zero-order chi connectivity index (χ0) is 17.0. The van der Waals surface area contributed by atoms with E-state index in [1.165, 1.54) is 23.9 Å². The normalized spacial score (nSPS) is 11.5. The summed E-state index contributed by atoms with van der Waals surface area (Å²) in [5, 5.41) is 4.11. The van der Waals surface area contributed by atoms with Gasteiger partial charge >= 0.3 is 6.36 Å². The van der Waals surface area contributed by atoms with Crippen molar-refractivity contribution < 1.29 is 27.4 Å². The van der Waals surface area contributed by atoms with Crippen molar-refractivity contribution >= 4 is 5.91 Å². The molecule has 1 aromatic carbocycles. The van der Waals surface area contributed by atoms with E-state index in [0.717, 1.165) is 12.1 Å². The van der Waals surface area contributed by atoms with Crippen molar-refractivity contribution in [3.05, 3.63) is 35.9 Å². The number of hydrogen-bond donors (Lipinski definition) is 1. The maximum atomic E-state index is 12.1. The lowest BCUT2D eigenvalue weighted by Gasteiger charge is -2.10. The molecule has 0 bridgehead atoms. The summed E-state index contributed by atoms with van der Waals surface area (Å²) in [5.74, 6) is -0.375. The highest BCUT2D eigenvalue weighted by atomic mass is 19.4. The number of methoxy groups -OCH3 is 1. The summed E-state index contributed by atoms with van der Waals surface area (Å²) < 4.78 is 46.6. The summed E-state index contributed by atoms with van der Waals surface area (Å²) in [6.07, 6.45) is -4.91. The fourth-order valence-corrected chi connectivity index (χ4v) is 1.84. The molecule has 0 fully saturated rings. The smallest absolute Gasteiger partial charge is 0.406 e. The number of nitrogens with zero attached hydrogens (tertiary/aromatic N) is 3. The number of aromatic nitrogens is 3. The van der Waals surface area contributed by atoms with E-state index in [1.807, 2.05) is 0 Å². The molecule has 0 aliphatic rings. The van der Waals surface area contributed by atoms with E-state index >= 15 is 0 Å². The van der Waals surface area contributed by atoms with Crippen LogP contribution in [0, 0.1) is 0 Å². The number of benzene rings is 1. The van der Waals surface area contributed by atoms with Gasteiger partial charge in [0.05, 0.1) is 12.1 Å². The number of rotatable bonds is 6. The minimum atomic E-state index is -4.76. The van der Waals surface area contributed by atoms with Gasteiger partial charge in [-0.2, -0.15) is 5.10 Å². The highest BCUT2D eigenvalue weighted by Gasteiger charge is 2.31. The first-order valence-corrected chi connectivity index (χ1v) is 6.36. The number of carbonyl (C=O) groups is 1. The third kappa shape index (κ3) is 4.68. The van der Waals surface area contributed by atoms with Gasteiger partial charge < -0.3 is 15.2 Å². The van der Waals surface area contributed by atoms with E-state index < -0.39 is 12.3 Å². The second kappa shape index (κ2) is 6.65. The fourth-order valence-electron chi connectivity index (χ4n) is 1.84. The Morgan fingerprint density at radius 2 is 1.96 bits per heavy atom. The van der Waals surface area contributed by atoms with Gasteiger partial charge in [-0.3, -0.25) is 4.79 Å². The van der Waals surface area contributed by atoms with E-state index in [0.29, 0.717) is 11.5 Å². The Labute approximate surface area is 128 Å². The van der Waals surface area contributed by atoms with Gasteiger partial charge in [-0.1, -0.05) is 0 Å². The molecule has 0 saturated carbocycles. The molecule has 0 radical (unpaired) electrons. The monoisotopic (exact) mass is 330 g/mol. The Morgan fingerprint density at radius 3 is 2.48 bits per heavy atom. The maximum Gasteiger partial charge on any atom is 0.573 e. The molecule has 124 valence electrons. The van der Waals surface area contributed by atoms with E-state index in [4.69, 9.17) is 10.5 Å². The first-order valence-electron chi connectivity index (χ1n) is 6.36. The minimum Gasteiger partial charge on any atom is -0.406 e. The van der Waals surface area contributed by atoms with Crippen molar-refractivity contribution in [3.8, 4) is 11.4 Å². The van der Waals surface area contributed by atoms with Gasteiger partial charge in [-0.15, -0.1) is 13.2 Å². The molecule has 1 amide bonds. The van der Waals surface area contributed by atoms with Crippen LogP contribution in [-0.4, -0.2) is 34.1 Å². The van der Waals surface area contributed by atoms with E-state index in [-0.39, 0.29) is 24.6 Å². The second-order valence-corrected chi connectivity index (χ2v) is 4.47. The van der Waals surface area contributed by atoms with E-state index in [1.54, 1.807) is 0 Å². The van der Waals surface area contributed by atoms with Crippen molar-refractivity contribution in [3.63, 3.8) is 0 Å². The standard InChI is InChI=1S/C13H13F3N4O3/c1-22-7-12-18-11(6-10(17)21)19-20(12)8-2-4-9(5-3-8)23-13(14,15)16/h2-5H,6-7H2,1H3,(H2,17,21). The molecule has 0 unspecified atom stereocenters. The number of carbonyl (C=O) groups excluding carboxylic acids is 1. The first kappa shape index (κ1) is 16.7. The molecule has 23 heavy (non-hydrogen) atoms. The lowest BCUT2D eigenvalue weighted by Crippen LogP contribution is -2.17. The fraction of sp³-hybridized carbons (Fsp3) is 0.308. The summed E-state index contributed by atoms with van der Waals surface area (Å²) in [7, 11) is 1.45. The van der Waals surface area contributed by atoms with Gasteiger partial charge in [0.25, 0.3) is 0 Å². The predicted octanol–water partition coefficient (Wildman–Crippen LogP) is 1.34. The molecular formula is C13H13F3N4O3. The topological polar surface area (TPSA) is 92.3 Å². The van der Waals surface area contributed by atoms with Crippen molar-refractivity contribution in [1.82, 2.24) is 14.8 Å². The van der Waals surface area contributed by atoms with Gasteiger partial charge in [0.15, 0.2) is 11.6 Å². The number of alkyl halides is 3. The number of primary amides is 1. The van der Waals surface area contributed by atoms with Crippen LogP contribution < -0.4 is 10.5 Å². The number of halogens is 3. The molecule has 2 aromatic rings. The number of amides is 1. The first-order chi connectivity index (χ1) is 10.8. The average Bonchev–Trinajstić information content (AvgIpc) is 2.80. The Hall–Kier alpha value is -2.62. The molecule has 2 rings (SSSR count). The Balaban J connectivity index is 2.29. The van der Waals surface area contributed by atoms with Gasteiger partial charge in [-0.05, 0) is 24.3 Å². The molecule has 0 atom stereocenters. The van der Waals surface area contributed by atoms with Gasteiger partial charge in [0, 0.05) is 7.11 Å².